The van der Waals surface area contributed by atoms with Crippen LogP contribution in [0.5, 0.6) is 0 Å². The molecule has 1 saturated heterocycles. The number of nitrogens with zero attached hydrogens (tertiary/aromatic N) is 1. The molecule has 0 atom stereocenters. The fraction of sp³-hybridized carbons (Fsp3) is 0.650. The predicted molar refractivity (Wildman–Crippen MR) is 111 cm³/mol. The summed E-state index contributed by atoms with van der Waals surface area (Å²) in [5.74, 6) is -0.161. The molecule has 1 aromatic rings. The smallest absolute Gasteiger partial charge is 0.240 e. The average molecular weight is 445 g/mol. The average Bonchev–Trinajstić information content (AvgIpc) is 2.73. The second-order valence-corrected chi connectivity index (χ2v) is 8.56. The van der Waals surface area contributed by atoms with Crippen LogP contribution in [0, 0.1) is 6.92 Å². The Kier molecular flexibility index (Phi) is 11.3. The minimum absolute atomic E-state index is 0.0228. The highest BCUT2D eigenvalue weighted by molar-refractivity contribution is 7.89. The summed E-state index contributed by atoms with van der Waals surface area (Å²) in [5, 5.41) is 0. The van der Waals surface area contributed by atoms with Crippen molar-refractivity contribution in [3.63, 3.8) is 0 Å². The lowest BCUT2D eigenvalue weighted by Gasteiger charge is -2.23. The van der Waals surface area contributed by atoms with Crippen LogP contribution in [-0.4, -0.2) is 91.7 Å². The molecule has 9 nitrogen and oxygen atoms in total. The van der Waals surface area contributed by atoms with E-state index in [0.717, 1.165) is 5.56 Å². The van der Waals surface area contributed by atoms with E-state index in [-0.39, 0.29) is 23.8 Å². The molecular formula is C20H32N2O7S. The van der Waals surface area contributed by atoms with Gasteiger partial charge in [0.2, 0.25) is 15.9 Å². The van der Waals surface area contributed by atoms with Gasteiger partial charge >= 0.3 is 0 Å². The summed E-state index contributed by atoms with van der Waals surface area (Å²) in [4.78, 5) is 14.4. The predicted octanol–water partition coefficient (Wildman–Crippen LogP) is 0.572. The first-order valence-corrected chi connectivity index (χ1v) is 11.6. The van der Waals surface area contributed by atoms with Crippen LogP contribution in [0.2, 0.25) is 0 Å². The van der Waals surface area contributed by atoms with Gasteiger partial charge in [-0.3, -0.25) is 4.79 Å². The molecule has 1 amide bonds. The Labute approximate surface area is 178 Å². The highest BCUT2D eigenvalue weighted by Gasteiger charge is 2.17. The Balaban J connectivity index is 1.81. The van der Waals surface area contributed by atoms with Crippen molar-refractivity contribution in [3.05, 3.63) is 29.8 Å². The standard InChI is InChI=1S/C20H32N2O7S/c1-18-2-4-19(5-3-18)30(24,25)21-7-6-20(23)22-8-10-26-12-14-28-16-17-29-15-13-27-11-9-22/h2-5,21H,6-17H2,1H3. The third kappa shape index (κ3) is 9.50. The normalized spacial score (nSPS) is 18.4. The van der Waals surface area contributed by atoms with E-state index in [1.165, 1.54) is 0 Å². The van der Waals surface area contributed by atoms with E-state index in [9.17, 15) is 13.2 Å². The van der Waals surface area contributed by atoms with E-state index in [0.29, 0.717) is 65.9 Å². The fourth-order valence-corrected chi connectivity index (χ4v) is 3.76. The molecule has 30 heavy (non-hydrogen) atoms. The Morgan fingerprint density at radius 2 is 1.33 bits per heavy atom. The zero-order valence-electron chi connectivity index (χ0n) is 17.5. The summed E-state index contributed by atoms with van der Waals surface area (Å²) in [6, 6.07) is 6.56. The van der Waals surface area contributed by atoms with E-state index in [2.05, 4.69) is 4.72 Å². The second kappa shape index (κ2) is 13.7. The molecule has 0 radical (unpaired) electrons. The molecule has 0 aliphatic carbocycles. The zero-order valence-corrected chi connectivity index (χ0v) is 18.3. The van der Waals surface area contributed by atoms with Gasteiger partial charge in [0.25, 0.3) is 0 Å². The van der Waals surface area contributed by atoms with Crippen LogP contribution >= 0.6 is 0 Å². The molecule has 0 saturated carbocycles. The third-order valence-corrected chi connectivity index (χ3v) is 5.92. The maximum absolute atomic E-state index is 12.6. The van der Waals surface area contributed by atoms with Crippen LogP contribution in [0.4, 0.5) is 0 Å². The van der Waals surface area contributed by atoms with Gasteiger partial charge in [0.05, 0.1) is 57.8 Å². The van der Waals surface area contributed by atoms with Crippen molar-refractivity contribution in [1.82, 2.24) is 9.62 Å². The van der Waals surface area contributed by atoms with Gasteiger partial charge in [-0.2, -0.15) is 0 Å². The molecule has 0 bridgehead atoms. The first-order valence-electron chi connectivity index (χ1n) is 10.1. The molecule has 1 heterocycles. The molecule has 1 fully saturated rings. The first-order chi connectivity index (χ1) is 14.5. The van der Waals surface area contributed by atoms with Gasteiger partial charge in [-0.25, -0.2) is 13.1 Å². The van der Waals surface area contributed by atoms with Crippen LogP contribution in [0.15, 0.2) is 29.2 Å². The number of hydrogen-bond acceptors (Lipinski definition) is 7. The SMILES string of the molecule is Cc1ccc(S(=O)(=O)NCCC(=O)N2CCOCCOCCOCCOCC2)cc1. The number of ether oxygens (including phenoxy) is 4. The Bertz CT molecular complexity index is 709. The van der Waals surface area contributed by atoms with Crippen molar-refractivity contribution >= 4 is 15.9 Å². The Hall–Kier alpha value is -1.56. The molecule has 10 heteroatoms. The summed E-state index contributed by atoms with van der Waals surface area (Å²) in [6.07, 6.45) is 0.0529. The summed E-state index contributed by atoms with van der Waals surface area (Å²) in [5.41, 5.74) is 0.976. The topological polar surface area (TPSA) is 103 Å². The number of carbonyl (C=O) groups excluding carboxylic acids is 1. The molecule has 0 unspecified atom stereocenters. The van der Waals surface area contributed by atoms with Crippen LogP contribution in [0.3, 0.4) is 0 Å². The van der Waals surface area contributed by atoms with Gasteiger partial charge in [-0.1, -0.05) is 17.7 Å². The molecule has 170 valence electrons. The van der Waals surface area contributed by atoms with E-state index in [1.54, 1.807) is 29.2 Å². The molecule has 0 aromatic heterocycles. The largest absolute Gasteiger partial charge is 0.377 e. The molecular weight excluding hydrogens is 412 g/mol. The van der Waals surface area contributed by atoms with E-state index >= 15 is 0 Å². The molecule has 0 spiro atoms. The van der Waals surface area contributed by atoms with Crippen molar-refractivity contribution in [2.45, 2.75) is 18.2 Å². The number of carbonyl (C=O) groups is 1. The number of aryl methyl sites for hydroxylation is 1. The van der Waals surface area contributed by atoms with Crippen molar-refractivity contribution in [2.24, 2.45) is 0 Å². The van der Waals surface area contributed by atoms with Crippen LogP contribution in [-0.2, 0) is 33.8 Å². The Morgan fingerprint density at radius 1 is 0.867 bits per heavy atom. The first kappa shape index (κ1) is 24.7. The van der Waals surface area contributed by atoms with Gasteiger partial charge in [0.1, 0.15) is 0 Å². The van der Waals surface area contributed by atoms with E-state index in [4.69, 9.17) is 18.9 Å². The molecule has 1 N–H and O–H groups in total. The molecule has 1 aliphatic heterocycles. The summed E-state index contributed by atoms with van der Waals surface area (Å²) in [7, 11) is -3.64. The number of rotatable bonds is 5. The van der Waals surface area contributed by atoms with Crippen molar-refractivity contribution in [3.8, 4) is 0 Å². The van der Waals surface area contributed by atoms with Gasteiger partial charge in [-0.05, 0) is 19.1 Å². The molecule has 1 aliphatic rings. The number of amides is 1. The molecule has 2 rings (SSSR count). The highest BCUT2D eigenvalue weighted by atomic mass is 32.2. The maximum atomic E-state index is 12.6. The minimum atomic E-state index is -3.64. The van der Waals surface area contributed by atoms with Crippen LogP contribution < -0.4 is 4.72 Å². The third-order valence-electron chi connectivity index (χ3n) is 4.44. The summed E-state index contributed by atoms with van der Waals surface area (Å²) in [6.45, 7) is 6.30. The van der Waals surface area contributed by atoms with Gasteiger partial charge in [-0.15, -0.1) is 0 Å². The number of hydrogen-bond donors (Lipinski definition) is 1. The number of nitrogens with one attached hydrogen (secondary N) is 1. The molecule has 1 aromatic carbocycles. The monoisotopic (exact) mass is 444 g/mol. The second-order valence-electron chi connectivity index (χ2n) is 6.79. The van der Waals surface area contributed by atoms with Crippen LogP contribution in [0.25, 0.3) is 0 Å². The quantitative estimate of drug-likeness (QED) is 0.708. The minimum Gasteiger partial charge on any atom is -0.377 e. The van der Waals surface area contributed by atoms with Crippen LogP contribution in [0.1, 0.15) is 12.0 Å². The summed E-state index contributed by atoms with van der Waals surface area (Å²) >= 11 is 0. The van der Waals surface area contributed by atoms with E-state index in [1.807, 2.05) is 6.92 Å². The van der Waals surface area contributed by atoms with Gasteiger partial charge < -0.3 is 23.8 Å². The van der Waals surface area contributed by atoms with Gasteiger partial charge in [0.15, 0.2) is 0 Å². The lowest BCUT2D eigenvalue weighted by Crippen LogP contribution is -2.39. The maximum Gasteiger partial charge on any atom is 0.240 e. The van der Waals surface area contributed by atoms with Crippen molar-refractivity contribution < 1.29 is 32.2 Å². The van der Waals surface area contributed by atoms with Crippen molar-refractivity contribution in [1.29, 1.82) is 0 Å². The number of benzene rings is 1. The number of sulfonamides is 1. The zero-order chi connectivity index (χ0) is 21.7. The van der Waals surface area contributed by atoms with E-state index < -0.39 is 10.0 Å². The highest BCUT2D eigenvalue weighted by Crippen LogP contribution is 2.09. The Morgan fingerprint density at radius 3 is 1.83 bits per heavy atom. The van der Waals surface area contributed by atoms with Crippen molar-refractivity contribution in [2.75, 3.05) is 72.5 Å². The fourth-order valence-electron chi connectivity index (χ4n) is 2.72. The lowest BCUT2D eigenvalue weighted by molar-refractivity contribution is -0.132. The lowest BCUT2D eigenvalue weighted by atomic mass is 10.2. The summed E-state index contributed by atoms with van der Waals surface area (Å²) < 4.78 is 48.9. The van der Waals surface area contributed by atoms with Gasteiger partial charge in [0, 0.05) is 26.1 Å².